The fraction of sp³-hybridized carbons (Fsp3) is 0.143. The highest BCUT2D eigenvalue weighted by atomic mass is 32.1. The van der Waals surface area contributed by atoms with Gasteiger partial charge in [0.2, 0.25) is 4.80 Å². The van der Waals surface area contributed by atoms with Crippen molar-refractivity contribution < 1.29 is 19.7 Å². The van der Waals surface area contributed by atoms with E-state index in [1.54, 1.807) is 43.2 Å². The summed E-state index contributed by atoms with van der Waals surface area (Å²) in [5, 5.41) is 26.2. The van der Waals surface area contributed by atoms with E-state index in [0.29, 0.717) is 28.4 Å². The number of aromatic nitrogens is 1. The first-order valence-electron chi connectivity index (χ1n) is 8.68. The van der Waals surface area contributed by atoms with E-state index in [4.69, 9.17) is 9.47 Å². The number of methoxy groups -OCH3 is 2. The third-order valence-corrected chi connectivity index (χ3v) is 4.94. The van der Waals surface area contributed by atoms with E-state index < -0.39 is 0 Å². The number of phenols is 2. The number of phenolic OH excluding ortho intramolecular Hbond substituents is 2. The van der Waals surface area contributed by atoms with Crippen LogP contribution in [-0.4, -0.2) is 41.9 Å². The molecule has 0 amide bonds. The summed E-state index contributed by atoms with van der Waals surface area (Å²) >= 11 is 1.42. The largest absolute Gasteiger partial charge is 0.504 e. The number of thiazole rings is 1. The summed E-state index contributed by atoms with van der Waals surface area (Å²) in [7, 11) is 3.18. The van der Waals surface area contributed by atoms with Gasteiger partial charge in [-0.1, -0.05) is 12.1 Å². The van der Waals surface area contributed by atoms with Crippen LogP contribution < -0.4 is 14.3 Å². The van der Waals surface area contributed by atoms with Gasteiger partial charge in [-0.25, -0.2) is 4.68 Å². The maximum atomic E-state index is 10.0. The molecule has 3 aromatic rings. The van der Waals surface area contributed by atoms with Crippen molar-refractivity contribution in [3.05, 3.63) is 64.8 Å². The molecule has 3 rings (SSSR count). The maximum Gasteiger partial charge on any atom is 0.206 e. The summed E-state index contributed by atoms with van der Waals surface area (Å²) in [6.07, 6.45) is 3.16. The third-order valence-electron chi connectivity index (χ3n) is 4.08. The Kier molecular flexibility index (Phi) is 6.36. The van der Waals surface area contributed by atoms with E-state index in [2.05, 4.69) is 16.7 Å². The first-order chi connectivity index (χ1) is 14.1. The number of ether oxygens (including phenoxy) is 2. The first-order valence-corrected chi connectivity index (χ1v) is 9.56. The van der Waals surface area contributed by atoms with Crippen molar-refractivity contribution in [1.29, 1.82) is 0 Å². The molecule has 0 spiro atoms. The summed E-state index contributed by atoms with van der Waals surface area (Å²) < 4.78 is 12.5. The van der Waals surface area contributed by atoms with Crippen LogP contribution in [0.25, 0.3) is 11.3 Å². The van der Waals surface area contributed by atoms with E-state index in [-0.39, 0.29) is 11.5 Å². The molecule has 1 heterocycles. The van der Waals surface area contributed by atoms with Gasteiger partial charge >= 0.3 is 0 Å². The van der Waals surface area contributed by atoms with Gasteiger partial charge in [-0.05, 0) is 24.3 Å². The van der Waals surface area contributed by atoms with Crippen LogP contribution in [-0.2, 0) is 0 Å². The van der Waals surface area contributed by atoms with Gasteiger partial charge < -0.3 is 19.7 Å². The van der Waals surface area contributed by atoms with Crippen LogP contribution in [0.15, 0.2) is 64.5 Å². The SMILES string of the molecule is C=CCN=c1scc(-c2ccc(OC)cc2OC)n1N=Cc1cccc(O)c1O. The molecule has 0 radical (unpaired) electrons. The van der Waals surface area contributed by atoms with Crippen molar-refractivity contribution in [3.63, 3.8) is 0 Å². The van der Waals surface area contributed by atoms with E-state index >= 15 is 0 Å². The van der Waals surface area contributed by atoms with Crippen molar-refractivity contribution in [2.75, 3.05) is 20.8 Å². The standard InChI is InChI=1S/C21H21N3O4S/c1-4-10-22-21-24(23-12-14-6-5-7-18(25)20(14)26)17(13-29-21)16-9-8-15(27-2)11-19(16)28-3/h4-9,11-13,25-26H,1,10H2,2-3H3. The predicted molar refractivity (Wildman–Crippen MR) is 114 cm³/mol. The molecular formula is C21H21N3O4S. The molecule has 7 nitrogen and oxygen atoms in total. The smallest absolute Gasteiger partial charge is 0.206 e. The zero-order chi connectivity index (χ0) is 20.8. The summed E-state index contributed by atoms with van der Waals surface area (Å²) in [6, 6.07) is 10.2. The van der Waals surface area contributed by atoms with Gasteiger partial charge in [-0.15, -0.1) is 17.9 Å². The topological polar surface area (TPSA) is 88.6 Å². The molecule has 29 heavy (non-hydrogen) atoms. The zero-order valence-electron chi connectivity index (χ0n) is 16.1. The lowest BCUT2D eigenvalue weighted by Gasteiger charge is -2.11. The molecule has 0 aliphatic rings. The molecular weight excluding hydrogens is 390 g/mol. The lowest BCUT2D eigenvalue weighted by atomic mass is 10.1. The second-order valence-corrected chi connectivity index (χ2v) is 6.71. The minimum atomic E-state index is -0.236. The number of hydrogen-bond donors (Lipinski definition) is 2. The van der Waals surface area contributed by atoms with Crippen LogP contribution in [0.1, 0.15) is 5.56 Å². The Morgan fingerprint density at radius 2 is 2.00 bits per heavy atom. The van der Waals surface area contributed by atoms with Crippen LogP contribution >= 0.6 is 11.3 Å². The zero-order valence-corrected chi connectivity index (χ0v) is 16.9. The van der Waals surface area contributed by atoms with E-state index in [9.17, 15) is 10.2 Å². The monoisotopic (exact) mass is 411 g/mol. The minimum absolute atomic E-state index is 0.210. The molecule has 0 fully saturated rings. The summed E-state index contributed by atoms with van der Waals surface area (Å²) in [4.78, 5) is 5.13. The molecule has 2 aromatic carbocycles. The fourth-order valence-corrected chi connectivity index (χ4v) is 3.47. The van der Waals surface area contributed by atoms with E-state index in [1.807, 2.05) is 17.5 Å². The van der Waals surface area contributed by atoms with Gasteiger partial charge in [0, 0.05) is 22.6 Å². The lowest BCUT2D eigenvalue weighted by molar-refractivity contribution is 0.395. The van der Waals surface area contributed by atoms with Crippen LogP contribution in [0, 0.1) is 0 Å². The van der Waals surface area contributed by atoms with Crippen LogP contribution in [0.5, 0.6) is 23.0 Å². The van der Waals surface area contributed by atoms with Gasteiger partial charge in [0.15, 0.2) is 11.5 Å². The number of aromatic hydroxyl groups is 2. The van der Waals surface area contributed by atoms with Gasteiger partial charge in [-0.2, -0.15) is 5.10 Å². The highest BCUT2D eigenvalue weighted by molar-refractivity contribution is 7.07. The van der Waals surface area contributed by atoms with Gasteiger partial charge in [0.05, 0.1) is 32.7 Å². The normalized spacial score (nSPS) is 11.7. The van der Waals surface area contributed by atoms with Crippen LogP contribution in [0.3, 0.4) is 0 Å². The summed E-state index contributed by atoms with van der Waals surface area (Å²) in [5.41, 5.74) is 1.95. The molecule has 0 aliphatic carbocycles. The summed E-state index contributed by atoms with van der Waals surface area (Å²) in [6.45, 7) is 4.14. The number of para-hydroxylation sites is 1. The Hall–Kier alpha value is -3.52. The average molecular weight is 411 g/mol. The number of rotatable bonds is 7. The predicted octanol–water partition coefficient (Wildman–Crippen LogP) is 3.61. The molecule has 0 bridgehead atoms. The van der Waals surface area contributed by atoms with Gasteiger partial charge in [-0.3, -0.25) is 4.99 Å². The van der Waals surface area contributed by atoms with E-state index in [1.165, 1.54) is 23.6 Å². The molecule has 0 saturated heterocycles. The highest BCUT2D eigenvalue weighted by Crippen LogP contribution is 2.33. The quantitative estimate of drug-likeness (QED) is 0.353. The Morgan fingerprint density at radius 3 is 2.72 bits per heavy atom. The van der Waals surface area contributed by atoms with Crippen LogP contribution in [0.4, 0.5) is 0 Å². The van der Waals surface area contributed by atoms with E-state index in [0.717, 1.165) is 11.3 Å². The Balaban J connectivity index is 2.15. The number of benzene rings is 2. The minimum Gasteiger partial charge on any atom is -0.504 e. The lowest BCUT2D eigenvalue weighted by Crippen LogP contribution is -2.12. The van der Waals surface area contributed by atoms with Crippen LogP contribution in [0.2, 0.25) is 0 Å². The number of hydrogen-bond acceptors (Lipinski definition) is 7. The fourth-order valence-electron chi connectivity index (χ4n) is 2.63. The van der Waals surface area contributed by atoms with Crippen molar-refractivity contribution in [2.24, 2.45) is 10.1 Å². The average Bonchev–Trinajstić information content (AvgIpc) is 3.15. The molecule has 150 valence electrons. The van der Waals surface area contributed by atoms with Crippen molar-refractivity contribution in [3.8, 4) is 34.3 Å². The Bertz CT molecular complexity index is 1120. The molecule has 1 aromatic heterocycles. The van der Waals surface area contributed by atoms with Crippen molar-refractivity contribution in [1.82, 2.24) is 4.68 Å². The molecule has 0 unspecified atom stereocenters. The number of nitrogens with zero attached hydrogens (tertiary/aromatic N) is 3. The molecule has 0 aliphatic heterocycles. The molecule has 8 heteroatoms. The molecule has 0 saturated carbocycles. The van der Waals surface area contributed by atoms with Crippen molar-refractivity contribution >= 4 is 17.6 Å². The molecule has 2 N–H and O–H groups in total. The summed E-state index contributed by atoms with van der Waals surface area (Å²) in [5.74, 6) is 0.858. The maximum absolute atomic E-state index is 10.0. The van der Waals surface area contributed by atoms with Gasteiger partial charge in [0.25, 0.3) is 0 Å². The second-order valence-electron chi connectivity index (χ2n) is 5.87. The Labute approximate surface area is 172 Å². The third kappa shape index (κ3) is 4.33. The highest BCUT2D eigenvalue weighted by Gasteiger charge is 2.14. The molecule has 0 atom stereocenters. The second kappa shape index (κ2) is 9.11. The van der Waals surface area contributed by atoms with Gasteiger partial charge in [0.1, 0.15) is 11.5 Å². The Morgan fingerprint density at radius 1 is 1.17 bits per heavy atom. The van der Waals surface area contributed by atoms with Crippen molar-refractivity contribution in [2.45, 2.75) is 0 Å². The first kappa shape index (κ1) is 20.2.